The van der Waals surface area contributed by atoms with Crippen molar-refractivity contribution in [2.75, 3.05) is 31.4 Å². The molecule has 0 aliphatic carbocycles. The second-order valence-electron chi connectivity index (χ2n) is 5.16. The van der Waals surface area contributed by atoms with Gasteiger partial charge in [-0.1, -0.05) is 0 Å². The van der Waals surface area contributed by atoms with E-state index in [9.17, 15) is 12.8 Å². The van der Waals surface area contributed by atoms with Crippen LogP contribution in [-0.2, 0) is 10.2 Å². The first kappa shape index (κ1) is 16.7. The summed E-state index contributed by atoms with van der Waals surface area (Å²) in [5.74, 6) is -0.191. The number of piperidine rings is 1. The predicted molar refractivity (Wildman–Crippen MR) is 84.9 cm³/mol. The Hall–Kier alpha value is -0.700. The van der Waals surface area contributed by atoms with Gasteiger partial charge in [0.05, 0.1) is 10.2 Å². The number of halogens is 2. The second kappa shape index (κ2) is 7.04. The maximum atomic E-state index is 13.5. The van der Waals surface area contributed by atoms with E-state index in [0.29, 0.717) is 23.5 Å². The average molecular weight is 380 g/mol. The highest BCUT2D eigenvalue weighted by molar-refractivity contribution is 9.10. The Labute approximate surface area is 133 Å². The van der Waals surface area contributed by atoms with Crippen LogP contribution in [0.3, 0.4) is 0 Å². The van der Waals surface area contributed by atoms with E-state index < -0.39 is 16.0 Å². The summed E-state index contributed by atoms with van der Waals surface area (Å²) in [5, 5.41) is 3.08. The molecule has 1 aromatic carbocycles. The van der Waals surface area contributed by atoms with Crippen LogP contribution in [0, 0.1) is 11.7 Å². The van der Waals surface area contributed by atoms with E-state index in [1.165, 1.54) is 16.4 Å². The number of anilines is 1. The van der Waals surface area contributed by atoms with Crippen LogP contribution >= 0.6 is 15.9 Å². The number of rotatable bonds is 5. The van der Waals surface area contributed by atoms with E-state index >= 15 is 0 Å². The largest absolute Gasteiger partial charge is 0.319 e. The number of hydrogen-bond acceptors (Lipinski definition) is 3. The molecular weight excluding hydrogens is 361 g/mol. The first-order chi connectivity index (χ1) is 9.92. The molecule has 0 aromatic heterocycles. The fourth-order valence-corrected chi connectivity index (χ4v) is 4.05. The normalized spacial score (nSPS) is 20.4. The number of nitrogens with one attached hydrogen (secondary N) is 2. The smallest absolute Gasteiger partial charge is 0.301 e. The molecule has 0 radical (unpaired) electrons. The van der Waals surface area contributed by atoms with Crippen LogP contribution in [0.15, 0.2) is 22.7 Å². The molecule has 0 spiro atoms. The average Bonchev–Trinajstić information content (AvgIpc) is 2.43. The van der Waals surface area contributed by atoms with E-state index in [0.717, 1.165) is 25.5 Å². The molecule has 2 N–H and O–H groups in total. The summed E-state index contributed by atoms with van der Waals surface area (Å²) in [6.07, 6.45) is 1.85. The van der Waals surface area contributed by atoms with Gasteiger partial charge in [0, 0.05) is 13.1 Å². The molecule has 0 saturated carbocycles. The number of nitrogens with zero attached hydrogens (tertiary/aromatic N) is 1. The van der Waals surface area contributed by atoms with E-state index in [-0.39, 0.29) is 5.69 Å². The van der Waals surface area contributed by atoms with Gasteiger partial charge in [0.25, 0.3) is 0 Å². The Bertz CT molecular complexity index is 595. The molecule has 0 bridgehead atoms. The zero-order chi connectivity index (χ0) is 15.5. The molecular formula is C13H19BrFN3O2S. The highest BCUT2D eigenvalue weighted by atomic mass is 79.9. The topological polar surface area (TPSA) is 61.4 Å². The highest BCUT2D eigenvalue weighted by Gasteiger charge is 2.28. The summed E-state index contributed by atoms with van der Waals surface area (Å²) in [5.41, 5.74) is 0.228. The van der Waals surface area contributed by atoms with Gasteiger partial charge < -0.3 is 5.32 Å². The molecule has 1 saturated heterocycles. The van der Waals surface area contributed by atoms with E-state index in [2.05, 4.69) is 26.0 Å². The summed E-state index contributed by atoms with van der Waals surface area (Å²) < 4.78 is 42.3. The van der Waals surface area contributed by atoms with Gasteiger partial charge in [-0.3, -0.25) is 4.72 Å². The Morgan fingerprint density at radius 1 is 1.48 bits per heavy atom. The summed E-state index contributed by atoms with van der Waals surface area (Å²) in [4.78, 5) is 0. The van der Waals surface area contributed by atoms with Crippen molar-refractivity contribution < 1.29 is 12.8 Å². The van der Waals surface area contributed by atoms with Crippen molar-refractivity contribution in [3.05, 3.63) is 28.5 Å². The first-order valence-corrected chi connectivity index (χ1v) is 9.03. The first-order valence-electron chi connectivity index (χ1n) is 6.80. The van der Waals surface area contributed by atoms with Gasteiger partial charge in [-0.15, -0.1) is 0 Å². The molecule has 1 aliphatic rings. The van der Waals surface area contributed by atoms with Gasteiger partial charge in [0.15, 0.2) is 0 Å². The van der Waals surface area contributed by atoms with Crippen LogP contribution in [0.25, 0.3) is 0 Å². The molecule has 1 aliphatic heterocycles. The molecule has 8 heteroatoms. The van der Waals surface area contributed by atoms with Crippen LogP contribution in [0.4, 0.5) is 10.1 Å². The third kappa shape index (κ3) is 4.38. The zero-order valence-electron chi connectivity index (χ0n) is 11.8. The lowest BCUT2D eigenvalue weighted by molar-refractivity contribution is 0.264. The summed E-state index contributed by atoms with van der Waals surface area (Å²) >= 11 is 3.04. The molecule has 0 amide bonds. The Balaban J connectivity index is 2.08. The molecule has 5 nitrogen and oxygen atoms in total. The van der Waals surface area contributed by atoms with Crippen LogP contribution in [0.1, 0.15) is 12.8 Å². The predicted octanol–water partition coefficient (Wildman–Crippen LogP) is 2.18. The maximum absolute atomic E-state index is 13.5. The lowest BCUT2D eigenvalue weighted by Gasteiger charge is -2.31. The lowest BCUT2D eigenvalue weighted by atomic mass is 10.00. The van der Waals surface area contributed by atoms with Crippen LogP contribution in [0.5, 0.6) is 0 Å². The minimum Gasteiger partial charge on any atom is -0.319 e. The third-order valence-electron chi connectivity index (χ3n) is 3.48. The molecule has 21 heavy (non-hydrogen) atoms. The SMILES string of the molecule is CNCC1CCCN(S(=O)(=O)Nc2ccc(Br)c(F)c2)C1. The summed E-state index contributed by atoms with van der Waals surface area (Å²) in [6, 6.07) is 4.17. The fraction of sp³-hybridized carbons (Fsp3) is 0.538. The highest BCUT2D eigenvalue weighted by Crippen LogP contribution is 2.23. The van der Waals surface area contributed by atoms with E-state index in [4.69, 9.17) is 0 Å². The van der Waals surface area contributed by atoms with Crippen molar-refractivity contribution in [2.45, 2.75) is 12.8 Å². The molecule has 2 rings (SSSR count). The number of hydrogen-bond donors (Lipinski definition) is 2. The fourth-order valence-electron chi connectivity index (χ4n) is 2.47. The molecule has 1 atom stereocenters. The Morgan fingerprint density at radius 2 is 2.24 bits per heavy atom. The minimum atomic E-state index is -3.64. The van der Waals surface area contributed by atoms with Gasteiger partial charge in [0.2, 0.25) is 0 Å². The van der Waals surface area contributed by atoms with Crippen molar-refractivity contribution >= 4 is 31.8 Å². The third-order valence-corrected chi connectivity index (χ3v) is 5.63. The summed E-state index contributed by atoms with van der Waals surface area (Å²) in [7, 11) is -1.79. The van der Waals surface area contributed by atoms with Crippen LogP contribution in [0.2, 0.25) is 0 Å². The van der Waals surface area contributed by atoms with Gasteiger partial charge in [0.1, 0.15) is 5.82 Å². The van der Waals surface area contributed by atoms with Crippen molar-refractivity contribution in [3.63, 3.8) is 0 Å². The van der Waals surface area contributed by atoms with Gasteiger partial charge >= 0.3 is 10.2 Å². The second-order valence-corrected chi connectivity index (χ2v) is 7.68. The Morgan fingerprint density at radius 3 is 2.90 bits per heavy atom. The maximum Gasteiger partial charge on any atom is 0.301 e. The van der Waals surface area contributed by atoms with Gasteiger partial charge in [-0.05, 0) is 66.5 Å². The molecule has 118 valence electrons. The van der Waals surface area contributed by atoms with Crippen LogP contribution in [-0.4, -0.2) is 39.4 Å². The molecule has 1 heterocycles. The van der Waals surface area contributed by atoms with Crippen molar-refractivity contribution in [1.82, 2.24) is 9.62 Å². The molecule has 1 fully saturated rings. The quantitative estimate of drug-likeness (QED) is 0.823. The van der Waals surface area contributed by atoms with Crippen molar-refractivity contribution in [2.24, 2.45) is 5.92 Å². The molecule has 1 aromatic rings. The number of benzene rings is 1. The van der Waals surface area contributed by atoms with Gasteiger partial charge in [-0.25, -0.2) is 4.39 Å². The standard InChI is InChI=1S/C13H19BrFN3O2S/c1-16-8-10-3-2-6-18(9-10)21(19,20)17-11-4-5-12(14)13(15)7-11/h4-5,7,10,16-17H,2-3,6,8-9H2,1H3. The van der Waals surface area contributed by atoms with Crippen LogP contribution < -0.4 is 10.0 Å². The summed E-state index contributed by atoms with van der Waals surface area (Å²) in [6.45, 7) is 1.77. The lowest BCUT2D eigenvalue weighted by Crippen LogP contribution is -2.44. The van der Waals surface area contributed by atoms with E-state index in [1.54, 1.807) is 0 Å². The van der Waals surface area contributed by atoms with E-state index in [1.807, 2.05) is 7.05 Å². The zero-order valence-corrected chi connectivity index (χ0v) is 14.2. The molecule has 1 unspecified atom stereocenters. The van der Waals surface area contributed by atoms with Crippen molar-refractivity contribution in [3.8, 4) is 0 Å². The Kier molecular flexibility index (Phi) is 5.59. The monoisotopic (exact) mass is 379 g/mol. The van der Waals surface area contributed by atoms with Gasteiger partial charge in [-0.2, -0.15) is 12.7 Å². The minimum absolute atomic E-state index is 0.228. The van der Waals surface area contributed by atoms with Crippen molar-refractivity contribution in [1.29, 1.82) is 0 Å².